The second kappa shape index (κ2) is 17.2. The van der Waals surface area contributed by atoms with Crippen LogP contribution in [0.25, 0.3) is 83.9 Å². The molecular formula is C64H65N3O. The lowest BCUT2D eigenvalue weighted by atomic mass is 9.78. The number of rotatable bonds is 7. The summed E-state index contributed by atoms with van der Waals surface area (Å²) in [6, 6.07) is 31.9. The van der Waals surface area contributed by atoms with E-state index in [0.29, 0.717) is 28.3 Å². The highest BCUT2D eigenvalue weighted by atomic mass is 16.3. The van der Waals surface area contributed by atoms with Crippen LogP contribution in [0.2, 0.25) is 0 Å². The monoisotopic (exact) mass is 923 g/mol. The van der Waals surface area contributed by atoms with Crippen molar-refractivity contribution in [2.45, 2.75) is 104 Å². The first-order valence-electron chi connectivity index (χ1n) is 37.0. The average Bonchev–Trinajstić information content (AvgIpc) is 1.12. The molecule has 0 radical (unpaired) electrons. The highest BCUT2D eigenvalue weighted by Gasteiger charge is 2.30. The van der Waals surface area contributed by atoms with E-state index in [1.807, 2.05) is 57.2 Å². The summed E-state index contributed by atoms with van der Waals surface area (Å²) in [5, 5.41) is 13.2. The van der Waals surface area contributed by atoms with Crippen LogP contribution in [0, 0.1) is 0 Å². The minimum atomic E-state index is -4.26. The van der Waals surface area contributed by atoms with Crippen molar-refractivity contribution in [2.24, 2.45) is 0 Å². The molecule has 0 aliphatic rings. The molecule has 4 heteroatoms. The van der Waals surface area contributed by atoms with E-state index < -0.39 is 147 Å². The topological polar surface area (TPSA) is 50.9 Å². The lowest BCUT2D eigenvalue weighted by Gasteiger charge is -2.28. The minimum absolute atomic E-state index is 0.0304. The number of aromatic nitrogens is 3. The third-order valence-corrected chi connectivity index (χ3v) is 11.7. The minimum Gasteiger partial charge on any atom is -0.507 e. The van der Waals surface area contributed by atoms with Gasteiger partial charge in [0.25, 0.3) is 0 Å². The summed E-state index contributed by atoms with van der Waals surface area (Å²) in [4.78, 5) is 9.77. The van der Waals surface area contributed by atoms with Crippen LogP contribution in [-0.4, -0.2) is 19.6 Å². The molecule has 0 aliphatic carbocycles. The summed E-state index contributed by atoms with van der Waals surface area (Å²) < 4.78 is 272. The van der Waals surface area contributed by atoms with Gasteiger partial charge in [0.2, 0.25) is 0 Å². The van der Waals surface area contributed by atoms with Gasteiger partial charge in [-0.1, -0.05) is 192 Å². The SMILES string of the molecule is [2H]c1c([2H])c(C(C([2H])([2H])[2H])(C([2H])([2H])[2H])C([2H])([2H])[2H])c([2H])c([2H])c1-c1ccnc(-c2cc(-c3ccccc3)cc(-c3cccc4c3nc(-c3cc(C(C([2H])([2H])[2H])(C([2H])([2H])[2H])C([2H])([2H])[2H])cc(C(C([2H])([2H])[2H])(C([2H])([2H])[2H])C([2H])([2H])[2H])c3O)n4-c3ccc(-c4ccccc4)cc3C(C)(C)C)c2)c1. The van der Waals surface area contributed by atoms with E-state index in [1.54, 1.807) is 78.9 Å². The normalized spacial score (nSPS) is 20.8. The van der Waals surface area contributed by atoms with E-state index >= 15 is 0 Å². The van der Waals surface area contributed by atoms with Crippen molar-refractivity contribution in [3.63, 3.8) is 0 Å². The van der Waals surface area contributed by atoms with E-state index in [9.17, 15) is 7.85 Å². The quantitative estimate of drug-likeness (QED) is 0.173. The number of imidazole rings is 1. The molecule has 2 aromatic heterocycles. The second-order valence-corrected chi connectivity index (χ2v) is 17.8. The maximum absolute atomic E-state index is 13.2. The maximum Gasteiger partial charge on any atom is 0.149 e. The van der Waals surface area contributed by atoms with Crippen molar-refractivity contribution in [2.75, 3.05) is 0 Å². The van der Waals surface area contributed by atoms with Gasteiger partial charge in [0.05, 0.1) is 33.5 Å². The predicted molar refractivity (Wildman–Crippen MR) is 288 cm³/mol. The van der Waals surface area contributed by atoms with Crippen LogP contribution in [0.15, 0.2) is 170 Å². The van der Waals surface area contributed by atoms with E-state index in [4.69, 9.17) is 44.7 Å². The molecule has 0 atom stereocenters. The summed E-state index contributed by atoms with van der Waals surface area (Å²) in [7, 11) is 0. The number of phenolic OH excluding ortho intramolecular Hbond substituents is 1. The molecule has 68 heavy (non-hydrogen) atoms. The third kappa shape index (κ3) is 9.05. The zero-order chi connectivity index (χ0) is 74.3. The van der Waals surface area contributed by atoms with Gasteiger partial charge in [0.15, 0.2) is 0 Å². The molecule has 2 heterocycles. The van der Waals surface area contributed by atoms with E-state index in [-0.39, 0.29) is 50.7 Å². The van der Waals surface area contributed by atoms with Crippen molar-refractivity contribution in [3.8, 4) is 78.6 Å². The van der Waals surface area contributed by atoms with Gasteiger partial charge in [-0.15, -0.1) is 0 Å². The van der Waals surface area contributed by atoms with Gasteiger partial charge in [-0.3, -0.25) is 9.55 Å². The summed E-state index contributed by atoms with van der Waals surface area (Å²) >= 11 is 0. The van der Waals surface area contributed by atoms with Crippen LogP contribution in [-0.2, 0) is 21.7 Å². The van der Waals surface area contributed by atoms with Gasteiger partial charge in [-0.25, -0.2) is 4.98 Å². The van der Waals surface area contributed by atoms with Gasteiger partial charge in [0.1, 0.15) is 11.6 Å². The largest absolute Gasteiger partial charge is 0.507 e. The Hall–Kier alpha value is -7.04. The predicted octanol–water partition coefficient (Wildman–Crippen LogP) is 17.3. The van der Waals surface area contributed by atoms with Crippen LogP contribution >= 0.6 is 0 Å². The van der Waals surface area contributed by atoms with Gasteiger partial charge in [0, 0.05) is 59.9 Å². The summed E-state index contributed by atoms with van der Waals surface area (Å²) in [5.74, 6) is -2.04. The Morgan fingerprint density at radius 1 is 0.471 bits per heavy atom. The Morgan fingerprint density at radius 2 is 1.09 bits per heavy atom. The molecule has 0 aliphatic heterocycles. The first-order chi connectivity index (χ1) is 45.1. The summed E-state index contributed by atoms with van der Waals surface area (Å²) in [5.41, 5.74) is -14.8. The molecule has 0 bridgehead atoms. The van der Waals surface area contributed by atoms with E-state index in [1.165, 1.54) is 22.9 Å². The molecule has 7 aromatic carbocycles. The summed E-state index contributed by atoms with van der Waals surface area (Å²) in [6.07, 6.45) is 1.25. The van der Waals surface area contributed by atoms with Crippen molar-refractivity contribution < 1.29 is 47.6 Å². The van der Waals surface area contributed by atoms with Crippen molar-refractivity contribution in [1.82, 2.24) is 14.5 Å². The van der Waals surface area contributed by atoms with E-state index in [2.05, 4.69) is 4.98 Å². The molecule has 9 aromatic rings. The lowest BCUT2D eigenvalue weighted by Crippen LogP contribution is -2.18. The number of benzene rings is 7. The Labute approximate surface area is 448 Å². The summed E-state index contributed by atoms with van der Waals surface area (Å²) in [6.45, 7) is -31.5. The number of nitrogens with zero attached hydrogens (tertiary/aromatic N) is 3. The molecule has 0 fully saturated rings. The van der Waals surface area contributed by atoms with Gasteiger partial charge in [-0.2, -0.15) is 0 Å². The zero-order valence-corrected chi connectivity index (χ0v) is 37.1. The second-order valence-electron chi connectivity index (χ2n) is 17.8. The molecule has 4 nitrogen and oxygen atoms in total. The van der Waals surface area contributed by atoms with Gasteiger partial charge < -0.3 is 5.11 Å². The number of hydrogen-bond donors (Lipinski definition) is 1. The van der Waals surface area contributed by atoms with Crippen molar-refractivity contribution in [3.05, 3.63) is 192 Å². The Kier molecular flexibility index (Phi) is 5.56. The van der Waals surface area contributed by atoms with Crippen LogP contribution in [0.3, 0.4) is 0 Å². The highest BCUT2D eigenvalue weighted by molar-refractivity contribution is 5.98. The van der Waals surface area contributed by atoms with Crippen molar-refractivity contribution >= 4 is 11.0 Å². The molecule has 0 amide bonds. The molecule has 342 valence electrons. The number of phenols is 1. The van der Waals surface area contributed by atoms with Crippen LogP contribution in [0.4, 0.5) is 0 Å². The maximum atomic E-state index is 13.2. The van der Waals surface area contributed by atoms with Crippen LogP contribution < -0.4 is 0 Å². The van der Waals surface area contributed by atoms with Gasteiger partial charge >= 0.3 is 0 Å². The number of hydrogen-bond acceptors (Lipinski definition) is 3. The first kappa shape index (κ1) is 21.9. The third-order valence-electron chi connectivity index (χ3n) is 11.7. The fourth-order valence-electron chi connectivity index (χ4n) is 8.32. The number of fused-ring (bicyclic) bond motifs is 1. The molecule has 0 spiro atoms. The molecule has 0 saturated carbocycles. The number of para-hydroxylation sites is 1. The first-order valence-corrected chi connectivity index (χ1v) is 21.5. The van der Waals surface area contributed by atoms with Crippen LogP contribution in [0.1, 0.15) is 147 Å². The lowest BCUT2D eigenvalue weighted by molar-refractivity contribution is 0.446. The van der Waals surface area contributed by atoms with Crippen molar-refractivity contribution in [1.29, 1.82) is 0 Å². The smallest absolute Gasteiger partial charge is 0.149 e. The molecule has 0 unspecified atom stereocenters. The Balaban J connectivity index is 1.45. The fraction of sp³-hybridized carbons (Fsp3) is 0.250. The molecule has 1 N–H and O–H groups in total. The highest BCUT2D eigenvalue weighted by Crippen LogP contribution is 2.46. The Bertz CT molecular complexity index is 4440. The Morgan fingerprint density at radius 3 is 1.75 bits per heavy atom. The number of aromatic hydroxyl groups is 1. The van der Waals surface area contributed by atoms with Gasteiger partial charge in [-0.05, 0) is 132 Å². The number of pyridine rings is 1. The zero-order valence-electron chi connectivity index (χ0n) is 68.1. The molecular weight excluding hydrogens is 827 g/mol. The standard InChI is InChI=1S/C64H65N3O/c1-61(2,3)49-29-26-43(27-30-49)45-32-33-65-55(38-45)48-35-46(42-22-17-14-18-23-42)34-47(36-48)51-24-19-25-57-58(51)66-60(52-39-50(62(4,5)6)40-54(59(52)68)64(10,11)12)67(57)56-31-28-44(37-53(56)63(7,8)9)41-20-15-13-16-21-41/h13-40,68H,1-12H3/i1D3,2D3,3D3,4D3,5D3,6D3,10D3,11D3,12D3,26D,27D,29D,30D. The van der Waals surface area contributed by atoms with E-state index in [0.717, 1.165) is 5.56 Å². The molecule has 0 saturated heterocycles. The average molecular weight is 923 g/mol. The molecule has 9 rings (SSSR count). The fourth-order valence-corrected chi connectivity index (χ4v) is 8.32. The van der Waals surface area contributed by atoms with Crippen LogP contribution in [0.5, 0.6) is 5.75 Å².